The molecule has 0 fully saturated rings. The molecule has 17 nitrogen and oxygen atoms in total. The van der Waals surface area contributed by atoms with Gasteiger partial charge in [-0.1, -0.05) is 26.0 Å². The summed E-state index contributed by atoms with van der Waals surface area (Å²) in [6, 6.07) is 9.45. The molecule has 0 unspecified atom stereocenters. The number of nitro benzene ring substituents is 1. The molecule has 2 atom stereocenters. The minimum atomic E-state index is -1.00. The van der Waals surface area contributed by atoms with Gasteiger partial charge in [0, 0.05) is 36.4 Å². The van der Waals surface area contributed by atoms with Crippen LogP contribution in [0.3, 0.4) is 0 Å². The number of nitro groups is 1. The van der Waals surface area contributed by atoms with E-state index in [9.17, 15) is 38.9 Å². The highest BCUT2D eigenvalue weighted by Crippen LogP contribution is 2.18. The normalized spacial score (nSPS) is 13.5. The number of benzene rings is 2. The maximum Gasteiger partial charge on any atom is 0.514 e. The molecule has 0 radical (unpaired) electrons. The fraction of sp³-hybridized carbons (Fsp3) is 0.394. The van der Waals surface area contributed by atoms with Crippen LogP contribution in [0.2, 0.25) is 0 Å². The Morgan fingerprint density at radius 2 is 1.44 bits per heavy atom. The molecule has 3 N–H and O–H groups in total. The number of carbonyl (C=O) groups excluding carboxylic acids is 6. The standard InChI is InChI=1S/C33H39N5O12/c1-21(2)30(36-27(39)14-16-47-18-19-48-17-15-37-28(40)12-13-29(37)41)32(43)34-22(3)31(42)35-24-6-4-23(5-7-24)20-49-33(44)50-26-10-8-25(9-11-26)38(45)46/h4-13,21-22,30H,14-20H2,1-3H3,(H,34,43)(H,35,42)(H,36,39)/t22-,30-/m0/s1. The highest BCUT2D eigenvalue weighted by molar-refractivity contribution is 6.12. The summed E-state index contributed by atoms with van der Waals surface area (Å²) in [5, 5.41) is 18.7. The van der Waals surface area contributed by atoms with Crippen molar-refractivity contribution in [3.05, 3.63) is 76.4 Å². The minimum absolute atomic E-state index is 0.0169. The van der Waals surface area contributed by atoms with Crippen molar-refractivity contribution in [3.8, 4) is 5.75 Å². The van der Waals surface area contributed by atoms with Gasteiger partial charge in [0.05, 0.1) is 37.9 Å². The lowest BCUT2D eigenvalue weighted by atomic mass is 10.0. The van der Waals surface area contributed by atoms with E-state index in [1.54, 1.807) is 38.1 Å². The lowest BCUT2D eigenvalue weighted by molar-refractivity contribution is -0.384. The average Bonchev–Trinajstić information content (AvgIpc) is 3.40. The van der Waals surface area contributed by atoms with Crippen LogP contribution in [0.15, 0.2) is 60.7 Å². The summed E-state index contributed by atoms with van der Waals surface area (Å²) in [7, 11) is 0. The summed E-state index contributed by atoms with van der Waals surface area (Å²) < 4.78 is 20.8. The number of nitrogens with one attached hydrogen (secondary N) is 3. The number of hydrogen-bond donors (Lipinski definition) is 3. The smallest absolute Gasteiger partial charge is 0.429 e. The van der Waals surface area contributed by atoms with Gasteiger partial charge in [-0.15, -0.1) is 0 Å². The zero-order chi connectivity index (χ0) is 36.6. The van der Waals surface area contributed by atoms with Crippen LogP contribution in [0.5, 0.6) is 5.75 Å². The number of rotatable bonds is 19. The van der Waals surface area contributed by atoms with E-state index in [0.717, 1.165) is 4.90 Å². The van der Waals surface area contributed by atoms with E-state index in [1.807, 2.05) is 0 Å². The van der Waals surface area contributed by atoms with E-state index in [0.29, 0.717) is 11.3 Å². The predicted molar refractivity (Wildman–Crippen MR) is 175 cm³/mol. The summed E-state index contributed by atoms with van der Waals surface area (Å²) in [5.41, 5.74) is 0.853. The van der Waals surface area contributed by atoms with Gasteiger partial charge in [0.1, 0.15) is 24.4 Å². The molecule has 0 aliphatic carbocycles. The maximum absolute atomic E-state index is 12.9. The Morgan fingerprint density at radius 1 is 0.820 bits per heavy atom. The zero-order valence-electron chi connectivity index (χ0n) is 27.7. The van der Waals surface area contributed by atoms with Gasteiger partial charge in [0.25, 0.3) is 17.5 Å². The number of hydrogen-bond acceptors (Lipinski definition) is 12. The summed E-state index contributed by atoms with van der Waals surface area (Å²) in [5.74, 6) is -2.43. The summed E-state index contributed by atoms with van der Waals surface area (Å²) in [6.45, 7) is 5.61. The van der Waals surface area contributed by atoms with E-state index in [2.05, 4.69) is 16.0 Å². The first kappa shape index (κ1) is 38.8. The van der Waals surface area contributed by atoms with Crippen LogP contribution in [0.25, 0.3) is 0 Å². The minimum Gasteiger partial charge on any atom is -0.429 e. The van der Waals surface area contributed by atoms with Crippen molar-refractivity contribution in [1.29, 1.82) is 0 Å². The molecule has 0 bridgehead atoms. The van der Waals surface area contributed by atoms with Crippen molar-refractivity contribution in [1.82, 2.24) is 15.5 Å². The SMILES string of the molecule is CC(C)[C@H](NC(=O)CCOCCOCCN1C(=O)C=CC1=O)C(=O)N[C@@H](C)C(=O)Nc1ccc(COC(=O)Oc2ccc([N+](=O)[O-])cc2)cc1. The van der Waals surface area contributed by atoms with Gasteiger partial charge in [-0.2, -0.15) is 0 Å². The molecule has 2 aromatic carbocycles. The quantitative estimate of drug-likeness (QED) is 0.0480. The second-order valence-electron chi connectivity index (χ2n) is 11.2. The van der Waals surface area contributed by atoms with E-state index in [1.165, 1.54) is 43.3 Å². The first-order chi connectivity index (χ1) is 23.8. The Hall–Kier alpha value is -5.68. The number of amides is 5. The second-order valence-corrected chi connectivity index (χ2v) is 11.2. The van der Waals surface area contributed by atoms with E-state index < -0.39 is 40.9 Å². The maximum atomic E-state index is 12.9. The van der Waals surface area contributed by atoms with Crippen molar-refractivity contribution in [2.75, 3.05) is 38.3 Å². The largest absolute Gasteiger partial charge is 0.514 e. The van der Waals surface area contributed by atoms with Crippen LogP contribution < -0.4 is 20.7 Å². The number of nitrogens with zero attached hydrogens (tertiary/aromatic N) is 2. The van der Waals surface area contributed by atoms with Crippen LogP contribution in [0, 0.1) is 16.0 Å². The number of ether oxygens (including phenoxy) is 4. The fourth-order valence-electron chi connectivity index (χ4n) is 4.28. The molecule has 0 saturated heterocycles. The van der Waals surface area contributed by atoms with Crippen molar-refractivity contribution in [2.45, 2.75) is 45.9 Å². The van der Waals surface area contributed by atoms with E-state index in [-0.39, 0.29) is 75.2 Å². The van der Waals surface area contributed by atoms with Crippen LogP contribution in [-0.4, -0.2) is 90.6 Å². The third-order valence-electron chi connectivity index (χ3n) is 7.05. The topological polar surface area (TPSA) is 222 Å². The molecule has 0 aromatic heterocycles. The number of anilines is 1. The molecule has 1 heterocycles. The summed E-state index contributed by atoms with van der Waals surface area (Å²) in [6.07, 6.45) is 1.37. The summed E-state index contributed by atoms with van der Waals surface area (Å²) >= 11 is 0. The molecular weight excluding hydrogens is 658 g/mol. The Morgan fingerprint density at radius 3 is 2.04 bits per heavy atom. The van der Waals surface area contributed by atoms with Crippen molar-refractivity contribution < 1.29 is 52.6 Å². The Balaban J connectivity index is 1.32. The van der Waals surface area contributed by atoms with Crippen LogP contribution >= 0.6 is 0 Å². The van der Waals surface area contributed by atoms with Crippen LogP contribution in [0.1, 0.15) is 32.8 Å². The highest BCUT2D eigenvalue weighted by atomic mass is 16.7. The molecular formula is C33H39N5O12. The van der Waals surface area contributed by atoms with Gasteiger partial charge in [-0.25, -0.2) is 4.79 Å². The molecule has 1 aliphatic rings. The Kier molecular flexibility index (Phi) is 15.0. The first-order valence-electron chi connectivity index (χ1n) is 15.6. The monoisotopic (exact) mass is 697 g/mol. The van der Waals surface area contributed by atoms with Gasteiger partial charge in [-0.05, 0) is 42.7 Å². The van der Waals surface area contributed by atoms with E-state index >= 15 is 0 Å². The third-order valence-corrected chi connectivity index (χ3v) is 7.05. The molecule has 17 heteroatoms. The molecule has 50 heavy (non-hydrogen) atoms. The fourth-order valence-corrected chi connectivity index (χ4v) is 4.28. The Labute approximate surface area is 287 Å². The van der Waals surface area contributed by atoms with Crippen molar-refractivity contribution in [3.63, 3.8) is 0 Å². The molecule has 5 amide bonds. The van der Waals surface area contributed by atoms with E-state index in [4.69, 9.17) is 18.9 Å². The molecule has 3 rings (SSSR count). The number of imide groups is 1. The van der Waals surface area contributed by atoms with Crippen molar-refractivity contribution in [2.24, 2.45) is 5.92 Å². The number of carbonyl (C=O) groups is 6. The summed E-state index contributed by atoms with van der Waals surface area (Å²) in [4.78, 5) is 84.3. The van der Waals surface area contributed by atoms with Crippen LogP contribution in [-0.2, 0) is 44.8 Å². The molecule has 268 valence electrons. The van der Waals surface area contributed by atoms with Gasteiger partial charge in [0.15, 0.2) is 0 Å². The molecule has 2 aromatic rings. The molecule has 1 aliphatic heterocycles. The van der Waals surface area contributed by atoms with Crippen LogP contribution in [0.4, 0.5) is 16.2 Å². The first-order valence-corrected chi connectivity index (χ1v) is 15.6. The Bertz CT molecular complexity index is 1540. The lowest BCUT2D eigenvalue weighted by Gasteiger charge is -2.24. The molecule has 0 saturated carbocycles. The van der Waals surface area contributed by atoms with Gasteiger partial charge < -0.3 is 34.9 Å². The second kappa shape index (κ2) is 19.4. The third kappa shape index (κ3) is 12.7. The van der Waals surface area contributed by atoms with Gasteiger partial charge in [0.2, 0.25) is 17.7 Å². The molecule has 0 spiro atoms. The van der Waals surface area contributed by atoms with Gasteiger partial charge in [-0.3, -0.25) is 39.0 Å². The predicted octanol–water partition coefficient (Wildman–Crippen LogP) is 2.24. The number of non-ortho nitro benzene ring substituents is 1. The lowest BCUT2D eigenvalue weighted by Crippen LogP contribution is -2.53. The van der Waals surface area contributed by atoms with Crippen molar-refractivity contribution >= 4 is 47.1 Å². The van der Waals surface area contributed by atoms with Gasteiger partial charge >= 0.3 is 6.16 Å². The average molecular weight is 698 g/mol. The zero-order valence-corrected chi connectivity index (χ0v) is 27.7. The highest BCUT2D eigenvalue weighted by Gasteiger charge is 2.27.